The zero-order valence-corrected chi connectivity index (χ0v) is 18.9. The molecule has 1 unspecified atom stereocenters. The number of carbonyl (C=O) groups excluding carboxylic acids is 1. The molecule has 0 bridgehead atoms. The van der Waals surface area contributed by atoms with Crippen LogP contribution >= 0.6 is 7.92 Å². The van der Waals surface area contributed by atoms with Crippen molar-refractivity contribution in [1.29, 1.82) is 0 Å². The van der Waals surface area contributed by atoms with Crippen molar-refractivity contribution < 1.29 is 9.53 Å². The lowest BCUT2D eigenvalue weighted by atomic mass is 9.82. The summed E-state index contributed by atoms with van der Waals surface area (Å²) in [7, 11) is 0.883. The van der Waals surface area contributed by atoms with Crippen molar-refractivity contribution in [2.45, 2.75) is 18.5 Å². The number of hydrogen-bond acceptors (Lipinski definition) is 2. The minimum Gasteiger partial charge on any atom is -0.466 e. The summed E-state index contributed by atoms with van der Waals surface area (Å²) in [5.41, 5.74) is 4.58. The molecule has 1 fully saturated rings. The number of esters is 1. The fraction of sp³-hybridized carbons (Fsp3) is 0.179. The van der Waals surface area contributed by atoms with Gasteiger partial charge in [-0.1, -0.05) is 117 Å². The Bertz CT molecular complexity index is 1050. The van der Waals surface area contributed by atoms with Crippen molar-refractivity contribution >= 4 is 19.2 Å². The van der Waals surface area contributed by atoms with E-state index in [1.54, 1.807) is 0 Å². The fourth-order valence-corrected chi connectivity index (χ4v) is 7.98. The molecule has 0 aliphatic carbocycles. The molecule has 0 aromatic heterocycles. The highest BCUT2D eigenvalue weighted by Crippen LogP contribution is 2.68. The molecule has 0 amide bonds. The molecule has 0 saturated carbocycles. The molecule has 3 heteroatoms. The Kier molecular flexibility index (Phi) is 6.49. The second-order valence-corrected chi connectivity index (χ2v) is 10.2. The summed E-state index contributed by atoms with van der Waals surface area (Å²) in [6, 6.07) is 32.6. The van der Waals surface area contributed by atoms with Crippen LogP contribution in [0.15, 0.2) is 114 Å². The number of rotatable bonds is 5. The van der Waals surface area contributed by atoms with Crippen LogP contribution in [0.5, 0.6) is 0 Å². The topological polar surface area (TPSA) is 26.3 Å². The van der Waals surface area contributed by atoms with E-state index in [0.717, 1.165) is 12.6 Å². The van der Waals surface area contributed by atoms with E-state index in [9.17, 15) is 4.79 Å². The minimum atomic E-state index is -0.543. The number of benzene rings is 3. The highest BCUT2D eigenvalue weighted by atomic mass is 31.1. The van der Waals surface area contributed by atoms with E-state index in [2.05, 4.69) is 97.1 Å². The van der Waals surface area contributed by atoms with Gasteiger partial charge in [0.2, 0.25) is 0 Å². The number of methoxy groups -OCH3 is 1. The van der Waals surface area contributed by atoms with Gasteiger partial charge in [-0.05, 0) is 35.9 Å². The van der Waals surface area contributed by atoms with E-state index in [4.69, 9.17) is 4.74 Å². The maximum absolute atomic E-state index is 12.0. The monoisotopic (exact) mass is 426 g/mol. The largest absolute Gasteiger partial charge is 0.466 e. The highest BCUT2D eigenvalue weighted by Gasteiger charge is 2.49. The van der Waals surface area contributed by atoms with Crippen molar-refractivity contribution in [3.8, 4) is 0 Å². The summed E-state index contributed by atoms with van der Waals surface area (Å²) in [6.07, 6.45) is 6.19. The summed E-state index contributed by atoms with van der Waals surface area (Å²) in [5.74, 6) is -0.287. The number of ether oxygens (including phenoxy) is 1. The predicted molar refractivity (Wildman–Crippen MR) is 130 cm³/mol. The van der Waals surface area contributed by atoms with E-state index in [1.165, 1.54) is 29.1 Å². The van der Waals surface area contributed by atoms with Gasteiger partial charge in [0.1, 0.15) is 0 Å². The highest BCUT2D eigenvalue weighted by molar-refractivity contribution is 7.67. The summed E-state index contributed by atoms with van der Waals surface area (Å²) in [5, 5.41) is 1.17. The van der Waals surface area contributed by atoms with E-state index in [-0.39, 0.29) is 11.1 Å². The molecule has 156 valence electrons. The number of allylic oxidation sites excluding steroid dienone is 3. The quantitative estimate of drug-likeness (QED) is 0.276. The molecule has 1 aliphatic rings. The van der Waals surface area contributed by atoms with Gasteiger partial charge in [-0.3, -0.25) is 0 Å². The molecule has 31 heavy (non-hydrogen) atoms. The van der Waals surface area contributed by atoms with Crippen LogP contribution in [0.4, 0.5) is 0 Å². The fourth-order valence-electron chi connectivity index (χ4n) is 4.55. The lowest BCUT2D eigenvalue weighted by Gasteiger charge is -2.39. The molecule has 0 radical (unpaired) electrons. The van der Waals surface area contributed by atoms with Gasteiger partial charge in [0, 0.05) is 5.57 Å². The molecule has 0 spiro atoms. The van der Waals surface area contributed by atoms with Crippen molar-refractivity contribution in [3.05, 3.63) is 125 Å². The van der Waals surface area contributed by atoms with Crippen LogP contribution in [-0.2, 0) is 14.7 Å². The Morgan fingerprint density at radius 3 is 1.90 bits per heavy atom. The molecular weight excluding hydrogens is 399 g/mol. The molecule has 0 N–H and O–H groups in total. The van der Waals surface area contributed by atoms with Crippen molar-refractivity contribution in [1.82, 2.24) is 0 Å². The van der Waals surface area contributed by atoms with Crippen LogP contribution < -0.4 is 5.30 Å². The minimum absolute atomic E-state index is 0.230. The van der Waals surface area contributed by atoms with E-state index >= 15 is 0 Å². The number of hydrogen-bond donors (Lipinski definition) is 0. The Morgan fingerprint density at radius 1 is 0.871 bits per heavy atom. The third kappa shape index (κ3) is 4.01. The van der Waals surface area contributed by atoms with E-state index < -0.39 is 7.92 Å². The molecule has 1 saturated heterocycles. The SMILES string of the molecule is COC(=O)C(C)=CC=C1CCP(c2ccccc2)C1(c1ccccc1)c1ccccc1. The van der Waals surface area contributed by atoms with Crippen LogP contribution in [0.3, 0.4) is 0 Å². The summed E-state index contributed by atoms with van der Waals surface area (Å²) >= 11 is 0. The Morgan fingerprint density at radius 2 is 1.39 bits per heavy atom. The average Bonchev–Trinajstić information content (AvgIpc) is 3.23. The molecular formula is C28H27O2P. The summed E-state index contributed by atoms with van der Waals surface area (Å²) in [6.45, 7) is 1.81. The molecule has 1 atom stereocenters. The maximum Gasteiger partial charge on any atom is 0.333 e. The van der Waals surface area contributed by atoms with Crippen molar-refractivity contribution in [2.24, 2.45) is 0 Å². The van der Waals surface area contributed by atoms with E-state index in [0.29, 0.717) is 5.57 Å². The average molecular weight is 426 g/mol. The third-order valence-electron chi connectivity index (χ3n) is 5.97. The zero-order valence-electron chi connectivity index (χ0n) is 18.0. The molecule has 2 nitrogen and oxygen atoms in total. The van der Waals surface area contributed by atoms with Gasteiger partial charge in [-0.2, -0.15) is 0 Å². The Labute approximate surface area is 186 Å². The van der Waals surface area contributed by atoms with Crippen LogP contribution in [0.25, 0.3) is 0 Å². The van der Waals surface area contributed by atoms with Gasteiger partial charge in [0.15, 0.2) is 0 Å². The summed E-state index contributed by atoms with van der Waals surface area (Å²) < 4.78 is 4.91. The zero-order chi connectivity index (χ0) is 21.7. The Hall–Kier alpha value is -2.96. The number of carbonyl (C=O) groups is 1. The first-order valence-electron chi connectivity index (χ1n) is 10.6. The van der Waals surface area contributed by atoms with Crippen LogP contribution in [-0.4, -0.2) is 19.2 Å². The van der Waals surface area contributed by atoms with Crippen LogP contribution in [0, 0.1) is 0 Å². The molecule has 1 aliphatic heterocycles. The molecule has 4 rings (SSSR count). The van der Waals surface area contributed by atoms with Crippen LogP contribution in [0.1, 0.15) is 24.5 Å². The first-order chi connectivity index (χ1) is 15.2. The van der Waals surface area contributed by atoms with Gasteiger partial charge < -0.3 is 4.74 Å². The molecule has 1 heterocycles. The normalized spacial score (nSPS) is 19.4. The van der Waals surface area contributed by atoms with Crippen molar-refractivity contribution in [3.63, 3.8) is 0 Å². The molecule has 3 aromatic carbocycles. The summed E-state index contributed by atoms with van der Waals surface area (Å²) in [4.78, 5) is 12.0. The third-order valence-corrected chi connectivity index (χ3v) is 9.17. The lowest BCUT2D eigenvalue weighted by molar-refractivity contribution is -0.136. The standard InChI is InChI=1S/C28H27O2P/c1-22(27(29)30-2)18-19-25-20-21-31(26-16-10-5-11-17-26)28(25,23-12-6-3-7-13-23)24-14-8-4-9-15-24/h3-19H,20-21H2,1-2H3. The first-order valence-corrected chi connectivity index (χ1v) is 12.1. The van der Waals surface area contributed by atoms with E-state index in [1.807, 2.05) is 13.0 Å². The first kappa shape index (κ1) is 21.3. The second-order valence-electron chi connectivity index (χ2n) is 7.71. The van der Waals surface area contributed by atoms with Gasteiger partial charge in [-0.25, -0.2) is 4.79 Å². The lowest BCUT2D eigenvalue weighted by Crippen LogP contribution is -2.28. The van der Waals surface area contributed by atoms with Gasteiger partial charge >= 0.3 is 5.97 Å². The Balaban J connectivity index is 1.98. The smallest absolute Gasteiger partial charge is 0.333 e. The molecule has 3 aromatic rings. The predicted octanol–water partition coefficient (Wildman–Crippen LogP) is 6.19. The van der Waals surface area contributed by atoms with Gasteiger partial charge in [0.05, 0.1) is 12.3 Å². The van der Waals surface area contributed by atoms with Gasteiger partial charge in [0.25, 0.3) is 0 Å². The maximum atomic E-state index is 12.0. The second kappa shape index (κ2) is 9.45. The van der Waals surface area contributed by atoms with Crippen LogP contribution in [0.2, 0.25) is 0 Å². The van der Waals surface area contributed by atoms with Gasteiger partial charge in [-0.15, -0.1) is 0 Å². The van der Waals surface area contributed by atoms with Crippen molar-refractivity contribution in [2.75, 3.05) is 13.3 Å².